The maximum Gasteiger partial charge on any atom is 0.313 e. The van der Waals surface area contributed by atoms with E-state index >= 15 is 0 Å². The summed E-state index contributed by atoms with van der Waals surface area (Å²) in [5.41, 5.74) is 0.883. The molecule has 0 heterocycles. The second kappa shape index (κ2) is 6.48. The lowest BCUT2D eigenvalue weighted by Crippen LogP contribution is -2.02. The van der Waals surface area contributed by atoms with Gasteiger partial charge in [0.05, 0.1) is 11.9 Å². The Morgan fingerprint density at radius 1 is 1.33 bits per heavy atom. The number of benzene rings is 1. The van der Waals surface area contributed by atoms with Gasteiger partial charge in [0.1, 0.15) is 0 Å². The van der Waals surface area contributed by atoms with E-state index < -0.39 is 12.1 Å². The number of aliphatic hydroxyl groups excluding tert-OH is 1. The van der Waals surface area contributed by atoms with E-state index in [2.05, 4.69) is 0 Å². The van der Waals surface area contributed by atoms with Crippen LogP contribution in [0, 0.1) is 0 Å². The van der Waals surface area contributed by atoms with Gasteiger partial charge in [-0.05, 0) is 17.7 Å². The van der Waals surface area contributed by atoms with Crippen molar-refractivity contribution in [1.82, 2.24) is 0 Å². The van der Waals surface area contributed by atoms with Gasteiger partial charge in [-0.3, -0.25) is 4.79 Å². The lowest BCUT2D eigenvalue weighted by Gasteiger charge is -2.09. The second-order valence-corrected chi connectivity index (χ2v) is 4.27. The van der Waals surface area contributed by atoms with Crippen LogP contribution in [0.15, 0.2) is 30.3 Å². The van der Waals surface area contributed by atoms with Gasteiger partial charge in [0.2, 0.25) is 0 Å². The van der Waals surface area contributed by atoms with Crippen LogP contribution >= 0.6 is 11.8 Å². The molecule has 0 unspecified atom stereocenters. The van der Waals surface area contributed by atoms with Gasteiger partial charge in [-0.25, -0.2) is 0 Å². The summed E-state index contributed by atoms with van der Waals surface area (Å²) in [4.78, 5) is 10.2. The Bertz CT molecular complexity index is 300. The van der Waals surface area contributed by atoms with Crippen LogP contribution < -0.4 is 0 Å². The van der Waals surface area contributed by atoms with Crippen molar-refractivity contribution >= 4 is 17.7 Å². The molecule has 0 aliphatic heterocycles. The monoisotopic (exact) mass is 226 g/mol. The Labute approximate surface area is 93.1 Å². The minimum Gasteiger partial charge on any atom is -0.481 e. The first kappa shape index (κ1) is 12.1. The van der Waals surface area contributed by atoms with Crippen LogP contribution in [-0.2, 0) is 4.79 Å². The van der Waals surface area contributed by atoms with Crippen molar-refractivity contribution in [3.8, 4) is 0 Å². The first-order valence-corrected chi connectivity index (χ1v) is 5.88. The highest BCUT2D eigenvalue weighted by Crippen LogP contribution is 2.18. The highest BCUT2D eigenvalue weighted by molar-refractivity contribution is 7.99. The molecule has 2 N–H and O–H groups in total. The average molecular weight is 226 g/mol. The minimum atomic E-state index is -0.811. The molecule has 82 valence electrons. The maximum atomic E-state index is 10.2. The normalized spacial score (nSPS) is 12.3. The number of thioether (sulfide) groups is 1. The molecule has 1 aromatic carbocycles. The molecular weight excluding hydrogens is 212 g/mol. The predicted octanol–water partition coefficient (Wildman–Crippen LogP) is 1.93. The van der Waals surface area contributed by atoms with E-state index in [4.69, 9.17) is 5.11 Å². The molecule has 3 nitrogen and oxygen atoms in total. The molecule has 1 rings (SSSR count). The number of carboxylic acids is 1. The molecule has 0 spiro atoms. The number of aliphatic hydroxyl groups is 1. The summed E-state index contributed by atoms with van der Waals surface area (Å²) in [6, 6.07) is 9.39. The van der Waals surface area contributed by atoms with Crippen LogP contribution in [0.2, 0.25) is 0 Å². The van der Waals surface area contributed by atoms with Gasteiger partial charge in [-0.1, -0.05) is 30.3 Å². The molecule has 0 saturated heterocycles. The van der Waals surface area contributed by atoms with E-state index in [1.54, 1.807) is 0 Å². The van der Waals surface area contributed by atoms with Crippen molar-refractivity contribution in [1.29, 1.82) is 0 Å². The molecule has 0 radical (unpaired) electrons. The number of hydrogen-bond donors (Lipinski definition) is 2. The topological polar surface area (TPSA) is 57.5 Å². The van der Waals surface area contributed by atoms with Gasteiger partial charge >= 0.3 is 5.97 Å². The van der Waals surface area contributed by atoms with Crippen molar-refractivity contribution in [2.45, 2.75) is 12.5 Å². The van der Waals surface area contributed by atoms with Gasteiger partial charge < -0.3 is 10.2 Å². The van der Waals surface area contributed by atoms with Crippen LogP contribution in [0.1, 0.15) is 18.1 Å². The Balaban J connectivity index is 2.25. The van der Waals surface area contributed by atoms with Crippen molar-refractivity contribution in [2.75, 3.05) is 11.5 Å². The summed E-state index contributed by atoms with van der Waals surface area (Å²) < 4.78 is 0. The molecule has 0 aromatic heterocycles. The molecule has 1 aromatic rings. The predicted molar refractivity (Wildman–Crippen MR) is 61.0 cm³/mol. The third-order valence-corrected chi connectivity index (χ3v) is 2.92. The molecule has 0 amide bonds. The third-order valence-electron chi connectivity index (χ3n) is 1.95. The van der Waals surface area contributed by atoms with Crippen molar-refractivity contribution in [2.24, 2.45) is 0 Å². The van der Waals surface area contributed by atoms with Gasteiger partial charge in [-0.2, -0.15) is 11.8 Å². The SMILES string of the molecule is O=C(O)CSCC[C@H](O)c1ccccc1. The first-order valence-electron chi connectivity index (χ1n) is 4.72. The number of carbonyl (C=O) groups is 1. The Hall–Kier alpha value is -1.00. The van der Waals surface area contributed by atoms with Crippen LogP contribution in [-0.4, -0.2) is 27.7 Å². The Kier molecular flexibility index (Phi) is 5.21. The lowest BCUT2D eigenvalue weighted by molar-refractivity contribution is -0.133. The third kappa shape index (κ3) is 4.85. The van der Waals surface area contributed by atoms with Gasteiger partial charge in [-0.15, -0.1) is 0 Å². The minimum absolute atomic E-state index is 0.0987. The van der Waals surface area contributed by atoms with Crippen LogP contribution in [0.5, 0.6) is 0 Å². The summed E-state index contributed by atoms with van der Waals surface area (Å²) in [6.07, 6.45) is 0.0922. The second-order valence-electron chi connectivity index (χ2n) is 3.16. The Morgan fingerprint density at radius 3 is 2.60 bits per heavy atom. The van der Waals surface area contributed by atoms with E-state index in [1.807, 2.05) is 30.3 Å². The molecule has 0 saturated carbocycles. The van der Waals surface area contributed by atoms with Crippen molar-refractivity contribution < 1.29 is 15.0 Å². The van der Waals surface area contributed by atoms with E-state index in [1.165, 1.54) is 11.8 Å². The largest absolute Gasteiger partial charge is 0.481 e. The fraction of sp³-hybridized carbons (Fsp3) is 0.364. The van der Waals surface area contributed by atoms with Gasteiger partial charge in [0.25, 0.3) is 0 Å². The maximum absolute atomic E-state index is 10.2. The number of carboxylic acid groups (broad SMARTS) is 1. The van der Waals surface area contributed by atoms with E-state index in [9.17, 15) is 9.90 Å². The Morgan fingerprint density at radius 2 is 2.00 bits per heavy atom. The zero-order valence-corrected chi connectivity index (χ0v) is 9.11. The smallest absolute Gasteiger partial charge is 0.313 e. The molecule has 1 atom stereocenters. The molecular formula is C11H14O3S. The quantitative estimate of drug-likeness (QED) is 0.728. The first-order chi connectivity index (χ1) is 7.20. The van der Waals surface area contributed by atoms with Gasteiger partial charge in [0.15, 0.2) is 0 Å². The number of rotatable bonds is 6. The molecule has 15 heavy (non-hydrogen) atoms. The highest BCUT2D eigenvalue weighted by Gasteiger charge is 2.06. The van der Waals surface area contributed by atoms with Crippen LogP contribution in [0.3, 0.4) is 0 Å². The lowest BCUT2D eigenvalue weighted by atomic mass is 10.1. The zero-order valence-electron chi connectivity index (χ0n) is 8.30. The highest BCUT2D eigenvalue weighted by atomic mass is 32.2. The standard InChI is InChI=1S/C11H14O3S/c12-10(6-7-15-8-11(13)14)9-4-2-1-3-5-9/h1-5,10,12H,6-8H2,(H,13,14)/t10-/m0/s1. The van der Waals surface area contributed by atoms with Gasteiger partial charge in [0, 0.05) is 0 Å². The van der Waals surface area contributed by atoms with Crippen LogP contribution in [0.4, 0.5) is 0 Å². The molecule has 0 fully saturated rings. The average Bonchev–Trinajstić information content (AvgIpc) is 2.25. The van der Waals surface area contributed by atoms with E-state index in [0.717, 1.165) is 5.56 Å². The fourth-order valence-electron chi connectivity index (χ4n) is 1.20. The zero-order chi connectivity index (χ0) is 11.1. The summed E-state index contributed by atoms with van der Waals surface area (Å²) in [7, 11) is 0. The summed E-state index contributed by atoms with van der Waals surface area (Å²) >= 11 is 1.32. The fourth-order valence-corrected chi connectivity index (χ4v) is 1.91. The molecule has 0 bridgehead atoms. The summed E-state index contributed by atoms with van der Waals surface area (Å²) in [5.74, 6) is -0.0571. The summed E-state index contributed by atoms with van der Waals surface area (Å²) in [6.45, 7) is 0. The molecule has 0 aliphatic carbocycles. The van der Waals surface area contributed by atoms with E-state index in [-0.39, 0.29) is 5.75 Å². The molecule has 0 aliphatic rings. The van der Waals surface area contributed by atoms with E-state index in [0.29, 0.717) is 12.2 Å². The summed E-state index contributed by atoms with van der Waals surface area (Å²) in [5, 5.41) is 18.1. The molecule has 4 heteroatoms. The van der Waals surface area contributed by atoms with Crippen molar-refractivity contribution in [3.63, 3.8) is 0 Å². The number of hydrogen-bond acceptors (Lipinski definition) is 3. The van der Waals surface area contributed by atoms with Crippen LogP contribution in [0.25, 0.3) is 0 Å². The number of aliphatic carboxylic acids is 1. The van der Waals surface area contributed by atoms with Crippen molar-refractivity contribution in [3.05, 3.63) is 35.9 Å².